The Labute approximate surface area is 103 Å². The SMILES string of the molecule is Nc1nc(Cl)cc(C2CCN(C(=O)O)CC2)n1. The molecular weight excluding hydrogens is 244 g/mol. The quantitative estimate of drug-likeness (QED) is 0.744. The largest absolute Gasteiger partial charge is 0.465 e. The lowest BCUT2D eigenvalue weighted by Gasteiger charge is -2.29. The zero-order valence-corrected chi connectivity index (χ0v) is 9.89. The number of aromatic nitrogens is 2. The predicted octanol–water partition coefficient (Wildman–Crippen LogP) is 1.57. The number of piperidine rings is 1. The van der Waals surface area contributed by atoms with E-state index in [1.807, 2.05) is 0 Å². The number of likely N-dealkylation sites (tertiary alicyclic amines) is 1. The van der Waals surface area contributed by atoms with Gasteiger partial charge in [-0.05, 0) is 18.9 Å². The number of nitrogens with zero attached hydrogens (tertiary/aromatic N) is 3. The van der Waals surface area contributed by atoms with E-state index >= 15 is 0 Å². The molecule has 0 spiro atoms. The fourth-order valence-electron chi connectivity index (χ4n) is 2.03. The van der Waals surface area contributed by atoms with Crippen LogP contribution in [0.2, 0.25) is 5.15 Å². The molecule has 1 saturated heterocycles. The van der Waals surface area contributed by atoms with Crippen LogP contribution in [-0.4, -0.2) is 39.2 Å². The minimum absolute atomic E-state index is 0.160. The summed E-state index contributed by atoms with van der Waals surface area (Å²) >= 11 is 5.81. The highest BCUT2D eigenvalue weighted by Crippen LogP contribution is 2.28. The van der Waals surface area contributed by atoms with Gasteiger partial charge in [-0.15, -0.1) is 0 Å². The molecule has 1 aliphatic heterocycles. The zero-order chi connectivity index (χ0) is 12.4. The van der Waals surface area contributed by atoms with Gasteiger partial charge in [-0.2, -0.15) is 0 Å². The van der Waals surface area contributed by atoms with Gasteiger partial charge in [0.25, 0.3) is 0 Å². The molecule has 1 fully saturated rings. The van der Waals surface area contributed by atoms with Crippen molar-refractivity contribution in [2.75, 3.05) is 18.8 Å². The van der Waals surface area contributed by atoms with E-state index in [9.17, 15) is 4.79 Å². The molecule has 0 saturated carbocycles. The van der Waals surface area contributed by atoms with Crippen LogP contribution >= 0.6 is 11.6 Å². The molecule has 6 nitrogen and oxygen atoms in total. The van der Waals surface area contributed by atoms with Crippen LogP contribution in [0.3, 0.4) is 0 Å². The molecule has 2 heterocycles. The van der Waals surface area contributed by atoms with Crippen LogP contribution in [0, 0.1) is 0 Å². The first-order valence-electron chi connectivity index (χ1n) is 5.34. The molecule has 0 aromatic carbocycles. The number of rotatable bonds is 1. The summed E-state index contributed by atoms with van der Waals surface area (Å²) in [6.07, 6.45) is 0.599. The molecule has 92 valence electrons. The Kier molecular flexibility index (Phi) is 3.33. The minimum Gasteiger partial charge on any atom is -0.465 e. The van der Waals surface area contributed by atoms with Gasteiger partial charge < -0.3 is 15.7 Å². The lowest BCUT2D eigenvalue weighted by molar-refractivity contribution is 0.131. The molecule has 0 radical (unpaired) electrons. The van der Waals surface area contributed by atoms with Crippen molar-refractivity contribution in [2.24, 2.45) is 0 Å². The smallest absolute Gasteiger partial charge is 0.407 e. The fraction of sp³-hybridized carbons (Fsp3) is 0.500. The second-order valence-corrected chi connectivity index (χ2v) is 4.40. The maximum absolute atomic E-state index is 10.8. The maximum Gasteiger partial charge on any atom is 0.407 e. The number of nitrogen functional groups attached to an aromatic ring is 1. The Bertz CT molecular complexity index is 412. The van der Waals surface area contributed by atoms with E-state index in [0.29, 0.717) is 18.2 Å². The second kappa shape index (κ2) is 4.75. The predicted molar refractivity (Wildman–Crippen MR) is 63.0 cm³/mol. The monoisotopic (exact) mass is 256 g/mol. The molecule has 1 amide bonds. The van der Waals surface area contributed by atoms with E-state index in [1.54, 1.807) is 6.07 Å². The summed E-state index contributed by atoms with van der Waals surface area (Å²) in [5.74, 6) is 0.363. The first-order chi connectivity index (χ1) is 8.06. The van der Waals surface area contributed by atoms with Crippen molar-refractivity contribution in [2.45, 2.75) is 18.8 Å². The van der Waals surface area contributed by atoms with Gasteiger partial charge in [0.2, 0.25) is 5.95 Å². The molecule has 7 heteroatoms. The third-order valence-corrected chi connectivity index (χ3v) is 3.11. The summed E-state index contributed by atoms with van der Waals surface area (Å²) in [6, 6.07) is 1.69. The number of nitrogens with two attached hydrogens (primary N) is 1. The summed E-state index contributed by atoms with van der Waals surface area (Å²) in [4.78, 5) is 20.1. The molecule has 1 aliphatic rings. The highest BCUT2D eigenvalue weighted by atomic mass is 35.5. The van der Waals surface area contributed by atoms with Gasteiger partial charge in [-0.3, -0.25) is 0 Å². The van der Waals surface area contributed by atoms with Crippen molar-refractivity contribution in [1.82, 2.24) is 14.9 Å². The van der Waals surface area contributed by atoms with E-state index in [2.05, 4.69) is 9.97 Å². The van der Waals surface area contributed by atoms with Crippen molar-refractivity contribution in [1.29, 1.82) is 0 Å². The van der Waals surface area contributed by atoms with Crippen LogP contribution in [0.1, 0.15) is 24.5 Å². The van der Waals surface area contributed by atoms with E-state index in [0.717, 1.165) is 18.5 Å². The van der Waals surface area contributed by atoms with Gasteiger partial charge in [0.1, 0.15) is 5.15 Å². The number of carbonyl (C=O) groups is 1. The van der Waals surface area contributed by atoms with Crippen LogP contribution in [0.15, 0.2) is 6.07 Å². The number of amides is 1. The van der Waals surface area contributed by atoms with E-state index < -0.39 is 6.09 Å². The molecular formula is C10H13ClN4O2. The van der Waals surface area contributed by atoms with Crippen LogP contribution in [0.25, 0.3) is 0 Å². The Balaban J connectivity index is 2.07. The molecule has 17 heavy (non-hydrogen) atoms. The number of carboxylic acid groups (broad SMARTS) is 1. The summed E-state index contributed by atoms with van der Waals surface area (Å²) in [7, 11) is 0. The van der Waals surface area contributed by atoms with Gasteiger partial charge in [-0.1, -0.05) is 11.6 Å². The standard InChI is InChI=1S/C10H13ClN4O2/c11-8-5-7(13-9(12)14-8)6-1-3-15(4-2-6)10(16)17/h5-6H,1-4H2,(H,16,17)(H2,12,13,14). The van der Waals surface area contributed by atoms with E-state index in [1.165, 1.54) is 4.90 Å². The molecule has 3 N–H and O–H groups in total. The highest BCUT2D eigenvalue weighted by Gasteiger charge is 2.24. The summed E-state index contributed by atoms with van der Waals surface area (Å²) in [5.41, 5.74) is 6.33. The fourth-order valence-corrected chi connectivity index (χ4v) is 2.23. The minimum atomic E-state index is -0.872. The third-order valence-electron chi connectivity index (χ3n) is 2.92. The van der Waals surface area contributed by atoms with Gasteiger partial charge in [-0.25, -0.2) is 14.8 Å². The van der Waals surface area contributed by atoms with Crippen molar-refractivity contribution in [3.63, 3.8) is 0 Å². The number of hydrogen-bond donors (Lipinski definition) is 2. The van der Waals surface area contributed by atoms with Crippen molar-refractivity contribution < 1.29 is 9.90 Å². The second-order valence-electron chi connectivity index (χ2n) is 4.02. The van der Waals surface area contributed by atoms with Crippen molar-refractivity contribution in [3.8, 4) is 0 Å². The Morgan fingerprint density at radius 1 is 1.47 bits per heavy atom. The average Bonchev–Trinajstić information content (AvgIpc) is 2.28. The number of anilines is 1. The Morgan fingerprint density at radius 2 is 2.12 bits per heavy atom. The van der Waals surface area contributed by atoms with Gasteiger partial charge in [0.05, 0.1) is 5.69 Å². The van der Waals surface area contributed by atoms with Crippen molar-refractivity contribution >= 4 is 23.6 Å². The summed E-state index contributed by atoms with van der Waals surface area (Å²) in [6.45, 7) is 1.03. The van der Waals surface area contributed by atoms with Gasteiger partial charge >= 0.3 is 6.09 Å². The first kappa shape index (κ1) is 11.9. The van der Waals surface area contributed by atoms with E-state index in [4.69, 9.17) is 22.4 Å². The first-order valence-corrected chi connectivity index (χ1v) is 5.72. The molecule has 0 bridgehead atoms. The molecule has 1 aromatic heterocycles. The molecule has 0 atom stereocenters. The summed E-state index contributed by atoms with van der Waals surface area (Å²) in [5, 5.41) is 9.17. The molecule has 0 aliphatic carbocycles. The number of halogens is 1. The van der Waals surface area contributed by atoms with E-state index in [-0.39, 0.29) is 11.9 Å². The van der Waals surface area contributed by atoms with Crippen molar-refractivity contribution in [3.05, 3.63) is 16.9 Å². The van der Waals surface area contributed by atoms with Gasteiger partial charge in [0, 0.05) is 19.0 Å². The van der Waals surface area contributed by atoms with Crippen LogP contribution < -0.4 is 5.73 Å². The van der Waals surface area contributed by atoms with Crippen LogP contribution in [0.5, 0.6) is 0 Å². The summed E-state index contributed by atoms with van der Waals surface area (Å²) < 4.78 is 0. The zero-order valence-electron chi connectivity index (χ0n) is 9.14. The maximum atomic E-state index is 10.8. The molecule has 0 unspecified atom stereocenters. The van der Waals surface area contributed by atoms with Crippen LogP contribution in [0.4, 0.5) is 10.7 Å². The normalized spacial score (nSPS) is 17.1. The third kappa shape index (κ3) is 2.76. The lowest BCUT2D eigenvalue weighted by Crippen LogP contribution is -2.37. The molecule has 2 rings (SSSR count). The van der Waals surface area contributed by atoms with Crippen LogP contribution in [-0.2, 0) is 0 Å². The van der Waals surface area contributed by atoms with Gasteiger partial charge in [0.15, 0.2) is 0 Å². The Hall–Kier alpha value is -1.56. The number of hydrogen-bond acceptors (Lipinski definition) is 4. The topological polar surface area (TPSA) is 92.3 Å². The highest BCUT2D eigenvalue weighted by molar-refractivity contribution is 6.29. The lowest BCUT2D eigenvalue weighted by atomic mass is 9.93. The average molecular weight is 257 g/mol. The molecule has 1 aromatic rings. The Morgan fingerprint density at radius 3 is 2.65 bits per heavy atom.